The molecule has 0 saturated carbocycles. The number of nitrogens with zero attached hydrogens (tertiary/aromatic N) is 2. The van der Waals surface area contributed by atoms with Gasteiger partial charge in [0.15, 0.2) is 11.9 Å². The third-order valence-corrected chi connectivity index (χ3v) is 9.21. The molecule has 0 amide bonds. The van der Waals surface area contributed by atoms with Crippen LogP contribution in [-0.2, 0) is 29.9 Å². The van der Waals surface area contributed by atoms with Crippen LogP contribution >= 0.6 is 7.75 Å². The molecule has 3 heterocycles. The Morgan fingerprint density at radius 2 is 1.87 bits per heavy atom. The predicted octanol–water partition coefficient (Wildman–Crippen LogP) is 3.78. The number of carbonyl (C=O) groups excluding carboxylic acids is 1. The Balaban J connectivity index is 1.48. The maximum atomic E-state index is 15.8. The maximum absolute atomic E-state index is 15.8. The summed E-state index contributed by atoms with van der Waals surface area (Å²) in [6.45, 7) is 7.76. The molecule has 1 aliphatic rings. The van der Waals surface area contributed by atoms with Gasteiger partial charge >= 0.3 is 19.4 Å². The molecule has 45 heavy (non-hydrogen) atoms. The fraction of sp³-hybridized carbons (Fsp3) is 0.433. The van der Waals surface area contributed by atoms with Gasteiger partial charge in [-0.3, -0.25) is 23.7 Å². The molecule has 4 aromatic rings. The molecular weight excluding hydrogens is 610 g/mol. The van der Waals surface area contributed by atoms with Crippen molar-refractivity contribution in [1.82, 2.24) is 19.2 Å². The topological polar surface area (TPSA) is 163 Å². The highest BCUT2D eigenvalue weighted by atomic mass is 31.2. The fourth-order valence-electron chi connectivity index (χ4n) is 5.46. The smallest absolute Gasteiger partial charge is 0.459 e. The van der Waals surface area contributed by atoms with Gasteiger partial charge in [-0.2, -0.15) is 5.09 Å². The fourth-order valence-corrected chi connectivity index (χ4v) is 6.97. The lowest BCUT2D eigenvalue weighted by molar-refractivity contribution is -0.149. The van der Waals surface area contributed by atoms with Crippen LogP contribution in [0.2, 0.25) is 0 Å². The summed E-state index contributed by atoms with van der Waals surface area (Å²) in [5.41, 5.74) is -2.42. The maximum Gasteiger partial charge on any atom is 0.459 e. The lowest BCUT2D eigenvalue weighted by Crippen LogP contribution is -2.43. The van der Waals surface area contributed by atoms with Crippen LogP contribution in [0.4, 0.5) is 4.39 Å². The molecule has 1 unspecified atom stereocenters. The minimum atomic E-state index is -4.49. The molecule has 1 saturated heterocycles. The van der Waals surface area contributed by atoms with Crippen molar-refractivity contribution in [2.24, 2.45) is 0 Å². The number of rotatable bonds is 11. The summed E-state index contributed by atoms with van der Waals surface area (Å²) in [7, 11) is -4.49. The molecule has 0 aliphatic carbocycles. The number of ether oxygens (including phenoxy) is 2. The molecule has 2 aromatic carbocycles. The van der Waals surface area contributed by atoms with Gasteiger partial charge in [-0.15, -0.1) is 0 Å². The molecule has 1 fully saturated rings. The lowest BCUT2D eigenvalue weighted by atomic mass is 9.98. The van der Waals surface area contributed by atoms with Crippen LogP contribution < -0.4 is 20.9 Å². The van der Waals surface area contributed by atoms with E-state index in [0.29, 0.717) is 11.9 Å². The average Bonchev–Trinajstić information content (AvgIpc) is 3.42. The second-order valence-corrected chi connectivity index (χ2v) is 13.0. The average molecular weight is 647 g/mol. The molecule has 0 radical (unpaired) electrons. The van der Waals surface area contributed by atoms with E-state index in [4.69, 9.17) is 18.5 Å². The Kier molecular flexibility index (Phi) is 9.07. The van der Waals surface area contributed by atoms with Gasteiger partial charge in [0, 0.05) is 29.7 Å². The molecule has 6 atom stereocenters. The van der Waals surface area contributed by atoms with Gasteiger partial charge in [-0.1, -0.05) is 24.3 Å². The monoisotopic (exact) mass is 646 g/mol. The highest BCUT2D eigenvalue weighted by molar-refractivity contribution is 7.52. The standard InChI is InChI=1S/C30H36FN4O9P/c1-6-34-20-11-8-7-10-19(20)25-21(34)12-9-13-22(25)44-45(40,33-18(4)27(38)42-17(2)3)41-16-23-26(37)30(5,31)28(43-23)35-15-14-24(36)32-29(35)39/h7-15,17-18,23,26,28,37H,6,16H2,1-5H3,(H,33,40)(H,32,36,39)/t18-,23+,26+,28+,30+,45?/m0/s1. The first-order valence-electron chi connectivity index (χ1n) is 14.5. The number of aromatic nitrogens is 3. The number of H-pyrrole nitrogens is 1. The zero-order valence-electron chi connectivity index (χ0n) is 25.4. The summed E-state index contributed by atoms with van der Waals surface area (Å²) >= 11 is 0. The van der Waals surface area contributed by atoms with Crippen LogP contribution in [0.1, 0.15) is 40.8 Å². The highest BCUT2D eigenvalue weighted by Crippen LogP contribution is 2.50. The number of fused-ring (bicyclic) bond motifs is 3. The van der Waals surface area contributed by atoms with Crippen molar-refractivity contribution in [3.8, 4) is 5.75 Å². The number of halogens is 1. The first-order chi connectivity index (χ1) is 21.3. The molecule has 3 N–H and O–H groups in total. The number of aromatic amines is 1. The molecule has 242 valence electrons. The van der Waals surface area contributed by atoms with E-state index < -0.39 is 67.8 Å². The zero-order chi connectivity index (χ0) is 32.7. The molecule has 2 aromatic heterocycles. The third kappa shape index (κ3) is 6.34. The normalized spacial score (nSPS) is 23.8. The quantitative estimate of drug-likeness (QED) is 0.161. The van der Waals surface area contributed by atoms with Gasteiger partial charge in [0.1, 0.15) is 24.0 Å². The number of para-hydroxylation sites is 1. The van der Waals surface area contributed by atoms with Gasteiger partial charge in [0.2, 0.25) is 0 Å². The number of carbonyl (C=O) groups is 1. The van der Waals surface area contributed by atoms with Crippen molar-refractivity contribution in [1.29, 1.82) is 0 Å². The summed E-state index contributed by atoms with van der Waals surface area (Å²) in [4.78, 5) is 38.6. The number of nitrogens with one attached hydrogen (secondary N) is 2. The van der Waals surface area contributed by atoms with Gasteiger partial charge in [-0.05, 0) is 52.8 Å². The van der Waals surface area contributed by atoms with Crippen molar-refractivity contribution < 1.29 is 37.4 Å². The van der Waals surface area contributed by atoms with E-state index >= 15 is 4.39 Å². The highest BCUT2D eigenvalue weighted by Gasteiger charge is 2.56. The number of esters is 1. The first-order valence-corrected chi connectivity index (χ1v) is 16.1. The summed E-state index contributed by atoms with van der Waals surface area (Å²) in [6, 6.07) is 12.7. The van der Waals surface area contributed by atoms with Crippen molar-refractivity contribution >= 4 is 35.5 Å². The number of aryl methyl sites for hydroxylation is 1. The third-order valence-electron chi connectivity index (χ3n) is 7.58. The predicted molar refractivity (Wildman–Crippen MR) is 164 cm³/mol. The first kappa shape index (κ1) is 32.6. The Morgan fingerprint density at radius 1 is 1.16 bits per heavy atom. The van der Waals surface area contributed by atoms with Gasteiger partial charge in [0.25, 0.3) is 5.56 Å². The largest absolute Gasteiger partial charge is 0.462 e. The van der Waals surface area contributed by atoms with Crippen LogP contribution in [0.25, 0.3) is 21.8 Å². The Morgan fingerprint density at radius 3 is 2.56 bits per heavy atom. The summed E-state index contributed by atoms with van der Waals surface area (Å²) in [5, 5.41) is 14.9. The van der Waals surface area contributed by atoms with Gasteiger partial charge in [0.05, 0.1) is 23.6 Å². The van der Waals surface area contributed by atoms with E-state index in [1.165, 1.54) is 6.92 Å². The number of aliphatic hydroxyl groups excluding tert-OH is 1. The van der Waals surface area contributed by atoms with Crippen LogP contribution in [0, 0.1) is 0 Å². The Hall–Kier alpha value is -3.81. The molecule has 5 rings (SSSR count). The number of hydrogen-bond acceptors (Lipinski definition) is 9. The lowest BCUT2D eigenvalue weighted by Gasteiger charge is -2.25. The van der Waals surface area contributed by atoms with E-state index in [1.807, 2.05) is 42.2 Å². The molecule has 1 aliphatic heterocycles. The van der Waals surface area contributed by atoms with Crippen LogP contribution in [0.3, 0.4) is 0 Å². The van der Waals surface area contributed by atoms with Crippen molar-refractivity contribution in [3.05, 3.63) is 75.6 Å². The van der Waals surface area contributed by atoms with Crippen LogP contribution in [0.15, 0.2) is 64.3 Å². The van der Waals surface area contributed by atoms with Crippen molar-refractivity contribution in [2.75, 3.05) is 6.61 Å². The number of alkyl halides is 1. The molecule has 15 heteroatoms. The molecular formula is C30H36FN4O9P. The van der Waals surface area contributed by atoms with Crippen LogP contribution in [-0.4, -0.2) is 61.8 Å². The number of hydrogen-bond donors (Lipinski definition) is 3. The van der Waals surface area contributed by atoms with E-state index in [1.54, 1.807) is 26.0 Å². The molecule has 0 spiro atoms. The van der Waals surface area contributed by atoms with E-state index in [0.717, 1.165) is 40.2 Å². The summed E-state index contributed by atoms with van der Waals surface area (Å²) in [5.74, 6) is -0.527. The number of aliphatic hydroxyl groups is 1. The zero-order valence-corrected chi connectivity index (χ0v) is 26.3. The van der Waals surface area contributed by atoms with E-state index in [9.17, 15) is 24.1 Å². The van der Waals surface area contributed by atoms with Crippen LogP contribution in [0.5, 0.6) is 5.75 Å². The second kappa shape index (κ2) is 12.5. The molecule has 0 bridgehead atoms. The Labute approximate surface area is 257 Å². The minimum absolute atomic E-state index is 0.192. The van der Waals surface area contributed by atoms with Crippen molar-refractivity contribution in [2.45, 2.75) is 77.4 Å². The second-order valence-electron chi connectivity index (χ2n) is 11.3. The van der Waals surface area contributed by atoms with E-state index in [-0.39, 0.29) is 5.75 Å². The summed E-state index contributed by atoms with van der Waals surface area (Å²) < 4.78 is 55.8. The van der Waals surface area contributed by atoms with E-state index in [2.05, 4.69) is 9.65 Å². The number of benzene rings is 2. The molecule has 13 nitrogen and oxygen atoms in total. The van der Waals surface area contributed by atoms with Gasteiger partial charge in [-0.25, -0.2) is 13.8 Å². The summed E-state index contributed by atoms with van der Waals surface area (Å²) in [6.07, 6.45) is -4.32. The van der Waals surface area contributed by atoms with Gasteiger partial charge < -0.3 is 23.7 Å². The minimum Gasteiger partial charge on any atom is -0.462 e. The SMILES string of the molecule is CCn1c2ccccc2c2c(OP(=O)(N[C@@H](C)C(=O)OC(C)C)OC[C@H]3O[C@@H](n4ccc(=O)[nH]c4=O)[C@](C)(F)[C@@H]3O)cccc21. The van der Waals surface area contributed by atoms with Crippen molar-refractivity contribution in [3.63, 3.8) is 0 Å². The Bertz CT molecular complexity index is 1880.